The molecule has 1 aromatic carbocycles. The number of halogens is 1. The summed E-state index contributed by atoms with van der Waals surface area (Å²) in [5.41, 5.74) is 8.14. The Hall–Kier alpha value is -0.870. The van der Waals surface area contributed by atoms with E-state index in [2.05, 4.69) is 34.1 Å². The molecule has 0 radical (unpaired) electrons. The van der Waals surface area contributed by atoms with E-state index >= 15 is 0 Å². The maximum atomic E-state index is 11.5. The van der Waals surface area contributed by atoms with Crippen molar-refractivity contribution in [1.82, 2.24) is 4.72 Å². The number of guanidine groups is 1. The second kappa shape index (κ2) is 10.3. The molecule has 6 nitrogen and oxygen atoms in total. The molecule has 2 atom stereocenters. The van der Waals surface area contributed by atoms with E-state index in [1.54, 1.807) is 0 Å². The summed E-state index contributed by atoms with van der Waals surface area (Å²) in [5.74, 6) is 0.558. The van der Waals surface area contributed by atoms with Gasteiger partial charge in [0, 0.05) is 18.3 Å². The quantitative estimate of drug-likeness (QED) is 0.332. The fourth-order valence-corrected chi connectivity index (χ4v) is 3.99. The highest BCUT2D eigenvalue weighted by Crippen LogP contribution is 2.25. The molecule has 0 bridgehead atoms. The van der Waals surface area contributed by atoms with Crippen LogP contribution >= 0.6 is 24.0 Å². The zero-order chi connectivity index (χ0) is 17.6. The van der Waals surface area contributed by atoms with Crippen molar-refractivity contribution in [2.45, 2.75) is 45.1 Å². The second-order valence-electron chi connectivity index (χ2n) is 6.45. The number of hydrogen-bond donors (Lipinski definition) is 3. The van der Waals surface area contributed by atoms with Gasteiger partial charge < -0.3 is 11.1 Å². The zero-order valence-corrected chi connectivity index (χ0v) is 18.0. The van der Waals surface area contributed by atoms with E-state index in [9.17, 15) is 8.42 Å². The molecule has 142 valence electrons. The average molecular weight is 480 g/mol. The van der Waals surface area contributed by atoms with Crippen LogP contribution in [0.25, 0.3) is 0 Å². The van der Waals surface area contributed by atoms with Crippen LogP contribution in [0.15, 0.2) is 29.3 Å². The molecule has 2 unspecified atom stereocenters. The summed E-state index contributed by atoms with van der Waals surface area (Å²) in [5, 5.41) is 3.11. The maximum absolute atomic E-state index is 11.5. The van der Waals surface area contributed by atoms with Gasteiger partial charge in [0.1, 0.15) is 0 Å². The Labute approximate surface area is 168 Å². The third-order valence-corrected chi connectivity index (χ3v) is 5.11. The van der Waals surface area contributed by atoms with Crippen LogP contribution in [0.5, 0.6) is 0 Å². The minimum absolute atomic E-state index is 0. The molecule has 0 aromatic heterocycles. The number of anilines is 1. The lowest BCUT2D eigenvalue weighted by molar-refractivity contribution is 0.297. The SMILES string of the molecule is CCc1cccc(NC(N)=NCC2CCCCC2NS(C)(=O)=O)c1.I. The summed E-state index contributed by atoms with van der Waals surface area (Å²) in [6.07, 6.45) is 6.15. The van der Waals surface area contributed by atoms with E-state index in [1.807, 2.05) is 12.1 Å². The molecule has 1 aliphatic rings. The number of nitrogens with zero attached hydrogens (tertiary/aromatic N) is 1. The van der Waals surface area contributed by atoms with Crippen molar-refractivity contribution >= 4 is 45.6 Å². The Morgan fingerprint density at radius 3 is 2.72 bits per heavy atom. The van der Waals surface area contributed by atoms with Crippen molar-refractivity contribution in [2.24, 2.45) is 16.6 Å². The number of hydrogen-bond acceptors (Lipinski definition) is 3. The molecule has 0 amide bonds. The average Bonchev–Trinajstić information content (AvgIpc) is 2.53. The molecule has 1 saturated carbocycles. The summed E-state index contributed by atoms with van der Waals surface area (Å²) in [7, 11) is -3.20. The van der Waals surface area contributed by atoms with E-state index in [4.69, 9.17) is 5.73 Å². The molecular weight excluding hydrogens is 451 g/mol. The summed E-state index contributed by atoms with van der Waals surface area (Å²) in [6.45, 7) is 2.63. The molecule has 1 aromatic rings. The summed E-state index contributed by atoms with van der Waals surface area (Å²) in [4.78, 5) is 4.43. The Bertz CT molecular complexity index is 679. The lowest BCUT2D eigenvalue weighted by Gasteiger charge is -2.30. The van der Waals surface area contributed by atoms with Gasteiger partial charge in [-0.05, 0) is 42.9 Å². The molecule has 0 saturated heterocycles. The maximum Gasteiger partial charge on any atom is 0.208 e. The van der Waals surface area contributed by atoms with E-state index in [0.717, 1.165) is 37.8 Å². The minimum atomic E-state index is -3.20. The highest BCUT2D eigenvalue weighted by molar-refractivity contribution is 14.0. The van der Waals surface area contributed by atoms with Crippen LogP contribution < -0.4 is 15.8 Å². The van der Waals surface area contributed by atoms with Gasteiger partial charge >= 0.3 is 0 Å². The Balaban J connectivity index is 0.00000312. The first kappa shape index (κ1) is 22.2. The van der Waals surface area contributed by atoms with Crippen molar-refractivity contribution in [1.29, 1.82) is 0 Å². The first-order chi connectivity index (χ1) is 11.4. The summed E-state index contributed by atoms with van der Waals surface area (Å²) in [6, 6.07) is 8.02. The third-order valence-electron chi connectivity index (χ3n) is 4.38. The molecular formula is C17H29IN4O2S. The van der Waals surface area contributed by atoms with Crippen LogP contribution in [0.3, 0.4) is 0 Å². The van der Waals surface area contributed by atoms with E-state index < -0.39 is 10.0 Å². The van der Waals surface area contributed by atoms with Crippen molar-refractivity contribution in [3.8, 4) is 0 Å². The molecule has 25 heavy (non-hydrogen) atoms. The highest BCUT2D eigenvalue weighted by Gasteiger charge is 2.27. The highest BCUT2D eigenvalue weighted by atomic mass is 127. The van der Waals surface area contributed by atoms with Crippen LogP contribution in [0.2, 0.25) is 0 Å². The number of sulfonamides is 1. The Morgan fingerprint density at radius 2 is 2.04 bits per heavy atom. The fraction of sp³-hybridized carbons (Fsp3) is 0.588. The van der Waals surface area contributed by atoms with Gasteiger partial charge in [-0.1, -0.05) is 31.9 Å². The van der Waals surface area contributed by atoms with Gasteiger partial charge in [-0.3, -0.25) is 4.99 Å². The van der Waals surface area contributed by atoms with Gasteiger partial charge in [0.2, 0.25) is 10.0 Å². The lowest BCUT2D eigenvalue weighted by Crippen LogP contribution is -2.43. The van der Waals surface area contributed by atoms with Crippen molar-refractivity contribution in [3.63, 3.8) is 0 Å². The number of aryl methyl sites for hydroxylation is 1. The predicted octanol–water partition coefficient (Wildman–Crippen LogP) is 2.70. The van der Waals surface area contributed by atoms with Gasteiger partial charge in [0.15, 0.2) is 5.96 Å². The van der Waals surface area contributed by atoms with Crippen LogP contribution in [0.4, 0.5) is 5.69 Å². The minimum Gasteiger partial charge on any atom is -0.370 e. The first-order valence-corrected chi connectivity index (χ1v) is 10.4. The van der Waals surface area contributed by atoms with Crippen molar-refractivity contribution < 1.29 is 8.42 Å². The standard InChI is InChI=1S/C17H28N4O2S.HI/c1-3-13-7-6-9-15(11-13)20-17(18)19-12-14-8-4-5-10-16(14)21-24(2,22)23;/h6-7,9,11,14,16,21H,3-5,8,10,12H2,1-2H3,(H3,18,19,20);1H. The molecule has 0 heterocycles. The van der Waals surface area contributed by atoms with Gasteiger partial charge in [0.05, 0.1) is 6.26 Å². The summed E-state index contributed by atoms with van der Waals surface area (Å²) >= 11 is 0. The number of nitrogens with one attached hydrogen (secondary N) is 2. The second-order valence-corrected chi connectivity index (χ2v) is 8.23. The molecule has 8 heteroatoms. The Morgan fingerprint density at radius 1 is 1.32 bits per heavy atom. The van der Waals surface area contributed by atoms with Crippen LogP contribution in [0, 0.1) is 5.92 Å². The smallest absolute Gasteiger partial charge is 0.208 e. The van der Waals surface area contributed by atoms with Gasteiger partial charge in [-0.25, -0.2) is 13.1 Å². The number of nitrogens with two attached hydrogens (primary N) is 1. The van der Waals surface area contributed by atoms with Gasteiger partial charge in [0.25, 0.3) is 0 Å². The van der Waals surface area contributed by atoms with Crippen molar-refractivity contribution in [3.05, 3.63) is 29.8 Å². The van der Waals surface area contributed by atoms with Crippen LogP contribution in [-0.4, -0.2) is 33.2 Å². The third kappa shape index (κ3) is 7.91. The van der Waals surface area contributed by atoms with Crippen LogP contribution in [0.1, 0.15) is 38.2 Å². The van der Waals surface area contributed by atoms with E-state index in [0.29, 0.717) is 12.5 Å². The fourth-order valence-electron chi connectivity index (χ4n) is 3.13. The molecule has 0 aliphatic heterocycles. The summed E-state index contributed by atoms with van der Waals surface area (Å²) < 4.78 is 25.7. The monoisotopic (exact) mass is 480 g/mol. The van der Waals surface area contributed by atoms with Gasteiger partial charge in [-0.15, -0.1) is 24.0 Å². The predicted molar refractivity (Wildman–Crippen MR) is 115 cm³/mol. The first-order valence-electron chi connectivity index (χ1n) is 8.50. The molecule has 2 rings (SSSR count). The zero-order valence-electron chi connectivity index (χ0n) is 14.9. The molecule has 0 spiro atoms. The number of aliphatic imine (C=N–C) groups is 1. The number of benzene rings is 1. The molecule has 1 aliphatic carbocycles. The van der Waals surface area contributed by atoms with Gasteiger partial charge in [-0.2, -0.15) is 0 Å². The van der Waals surface area contributed by atoms with Crippen molar-refractivity contribution in [2.75, 3.05) is 18.1 Å². The topological polar surface area (TPSA) is 96.6 Å². The normalized spacial score (nSPS) is 21.4. The van der Waals surface area contributed by atoms with E-state index in [-0.39, 0.29) is 35.9 Å². The molecule has 4 N–H and O–H groups in total. The van der Waals surface area contributed by atoms with E-state index in [1.165, 1.54) is 11.8 Å². The largest absolute Gasteiger partial charge is 0.370 e. The molecule has 1 fully saturated rings. The Kier molecular flexibility index (Phi) is 9.15. The number of rotatable bonds is 6. The van der Waals surface area contributed by atoms with Crippen LogP contribution in [-0.2, 0) is 16.4 Å². The lowest BCUT2D eigenvalue weighted by atomic mass is 9.85.